The smallest absolute Gasteiger partial charge is 0.310 e. The Bertz CT molecular complexity index is 674. The van der Waals surface area contributed by atoms with E-state index in [9.17, 15) is 9.90 Å². The number of carbonyl (C=O) groups is 1. The highest BCUT2D eigenvalue weighted by Gasteiger charge is 2.44. The normalized spacial score (nSPS) is 17.3. The molecule has 5 nitrogen and oxygen atoms in total. The highest BCUT2D eigenvalue weighted by Crippen LogP contribution is 2.49. The van der Waals surface area contributed by atoms with Crippen molar-refractivity contribution < 1.29 is 14.6 Å². The number of hydrogen-bond acceptors (Lipinski definition) is 4. The molecule has 5 heteroatoms. The molecule has 116 valence electrons. The van der Waals surface area contributed by atoms with Gasteiger partial charge in [-0.2, -0.15) is 4.98 Å². The Morgan fingerprint density at radius 1 is 1.41 bits per heavy atom. The van der Waals surface area contributed by atoms with E-state index in [1.807, 2.05) is 6.07 Å². The van der Waals surface area contributed by atoms with E-state index < -0.39 is 17.3 Å². The predicted molar refractivity (Wildman–Crippen MR) is 86.0 cm³/mol. The molecule has 1 aromatic rings. The molecule has 1 atom stereocenters. The topological polar surface area (TPSA) is 71.5 Å². The minimum absolute atomic E-state index is 0.395. The van der Waals surface area contributed by atoms with Gasteiger partial charge in [0.15, 0.2) is 0 Å². The Morgan fingerprint density at radius 2 is 2.09 bits per heavy atom. The van der Waals surface area contributed by atoms with E-state index in [-0.39, 0.29) is 0 Å². The third-order valence-corrected chi connectivity index (χ3v) is 3.94. The summed E-state index contributed by atoms with van der Waals surface area (Å²) < 4.78 is 5.78. The van der Waals surface area contributed by atoms with Gasteiger partial charge in [-0.1, -0.05) is 19.2 Å². The Labute approximate surface area is 130 Å². The van der Waals surface area contributed by atoms with E-state index in [4.69, 9.17) is 4.74 Å². The molecule has 1 unspecified atom stereocenters. The average molecular weight is 300 g/mol. The number of anilines is 1. The first kappa shape index (κ1) is 15.8. The maximum atomic E-state index is 11.8. The van der Waals surface area contributed by atoms with Gasteiger partial charge in [-0.25, -0.2) is 0 Å². The number of carboxylic acids is 1. The van der Waals surface area contributed by atoms with Crippen molar-refractivity contribution in [1.29, 1.82) is 0 Å². The Morgan fingerprint density at radius 3 is 2.59 bits per heavy atom. The maximum Gasteiger partial charge on any atom is 0.310 e. The van der Waals surface area contributed by atoms with E-state index in [0.29, 0.717) is 23.0 Å². The second-order valence-electron chi connectivity index (χ2n) is 5.63. The lowest BCUT2D eigenvalue weighted by Crippen LogP contribution is -2.34. The molecule has 22 heavy (non-hydrogen) atoms. The second kappa shape index (κ2) is 5.67. The molecule has 1 aliphatic heterocycles. The quantitative estimate of drug-likeness (QED) is 0.872. The molecule has 0 amide bonds. The van der Waals surface area contributed by atoms with Gasteiger partial charge in [0.2, 0.25) is 5.88 Å². The van der Waals surface area contributed by atoms with Crippen LogP contribution in [0.1, 0.15) is 25.3 Å². The summed E-state index contributed by atoms with van der Waals surface area (Å²) in [5, 5.41) is 12.6. The minimum Gasteiger partial charge on any atom is -0.481 e. The third-order valence-electron chi connectivity index (χ3n) is 3.94. The maximum absolute atomic E-state index is 11.8. The third kappa shape index (κ3) is 2.39. The van der Waals surface area contributed by atoms with Crippen molar-refractivity contribution >= 4 is 11.8 Å². The van der Waals surface area contributed by atoms with Crippen LogP contribution in [0.5, 0.6) is 5.88 Å². The van der Waals surface area contributed by atoms with E-state index in [0.717, 1.165) is 5.56 Å². The van der Waals surface area contributed by atoms with E-state index in [1.54, 1.807) is 39.1 Å². The molecule has 0 saturated heterocycles. The number of carboxylic acid groups (broad SMARTS) is 1. The van der Waals surface area contributed by atoms with Crippen LogP contribution in [0, 0.1) is 5.41 Å². The van der Waals surface area contributed by atoms with Crippen LogP contribution in [0.25, 0.3) is 0 Å². The van der Waals surface area contributed by atoms with Crippen LogP contribution >= 0.6 is 0 Å². The van der Waals surface area contributed by atoms with Crippen molar-refractivity contribution in [1.82, 2.24) is 4.98 Å². The van der Waals surface area contributed by atoms with Crippen molar-refractivity contribution in [2.75, 3.05) is 12.4 Å². The van der Waals surface area contributed by atoms with Crippen molar-refractivity contribution in [3.63, 3.8) is 0 Å². The van der Waals surface area contributed by atoms with Gasteiger partial charge in [0.25, 0.3) is 0 Å². The lowest BCUT2D eigenvalue weighted by atomic mass is 9.70. The predicted octanol–water partition coefficient (Wildman–Crippen LogP) is 3.34. The van der Waals surface area contributed by atoms with E-state index in [1.165, 1.54) is 0 Å². The van der Waals surface area contributed by atoms with Gasteiger partial charge in [0.1, 0.15) is 11.6 Å². The van der Waals surface area contributed by atoms with Gasteiger partial charge in [0, 0.05) is 24.1 Å². The van der Waals surface area contributed by atoms with Crippen LogP contribution in [0.4, 0.5) is 5.82 Å². The number of ether oxygens (including phenoxy) is 1. The monoisotopic (exact) mass is 300 g/mol. The first-order valence-electron chi connectivity index (χ1n) is 6.95. The van der Waals surface area contributed by atoms with Crippen LogP contribution in [0.2, 0.25) is 0 Å². The number of nitrogens with one attached hydrogen (secondary N) is 1. The number of aliphatic carboxylic acids is 1. The number of rotatable bonds is 5. The largest absolute Gasteiger partial charge is 0.481 e. The number of allylic oxidation sites excluding steroid dienone is 3. The average Bonchev–Trinajstić information content (AvgIpc) is 2.51. The lowest BCUT2D eigenvalue weighted by molar-refractivity contribution is -0.147. The highest BCUT2D eigenvalue weighted by molar-refractivity contribution is 5.77. The molecule has 1 aliphatic rings. The summed E-state index contributed by atoms with van der Waals surface area (Å²) in [7, 11) is 1.76. The molecule has 0 saturated carbocycles. The van der Waals surface area contributed by atoms with Gasteiger partial charge in [-0.3, -0.25) is 4.79 Å². The van der Waals surface area contributed by atoms with Crippen molar-refractivity contribution in [2.45, 2.75) is 19.8 Å². The van der Waals surface area contributed by atoms with Crippen LogP contribution < -0.4 is 10.1 Å². The zero-order chi connectivity index (χ0) is 16.5. The van der Waals surface area contributed by atoms with Gasteiger partial charge >= 0.3 is 5.97 Å². The molecule has 2 N–H and O–H groups in total. The molecular formula is C17H20N2O3. The molecule has 2 rings (SSSR count). The summed E-state index contributed by atoms with van der Waals surface area (Å²) in [4.78, 5) is 16.1. The summed E-state index contributed by atoms with van der Waals surface area (Å²) in [5.41, 5.74) is 0.389. The Kier molecular flexibility index (Phi) is 4.08. The molecule has 0 fully saturated rings. The summed E-state index contributed by atoms with van der Waals surface area (Å²) in [6.07, 6.45) is 3.18. The number of pyridine rings is 1. The molecule has 0 bridgehead atoms. The SMILES string of the molecule is C=CC1=C(C=C)C(C(C)(C)C(=O)O)c2ccc(NC)nc2O1. The molecule has 0 radical (unpaired) electrons. The fraction of sp³-hybridized carbons (Fsp3) is 0.294. The number of fused-ring (bicyclic) bond motifs is 1. The van der Waals surface area contributed by atoms with E-state index in [2.05, 4.69) is 23.5 Å². The molecule has 0 spiro atoms. The fourth-order valence-electron chi connectivity index (χ4n) is 2.64. The zero-order valence-electron chi connectivity index (χ0n) is 13.0. The van der Waals surface area contributed by atoms with Crippen LogP contribution in [0.3, 0.4) is 0 Å². The minimum atomic E-state index is -1.04. The summed E-state index contributed by atoms with van der Waals surface area (Å²) >= 11 is 0. The van der Waals surface area contributed by atoms with Crippen molar-refractivity contribution in [3.8, 4) is 5.88 Å². The van der Waals surface area contributed by atoms with Crippen molar-refractivity contribution in [3.05, 3.63) is 54.3 Å². The summed E-state index contributed by atoms with van der Waals surface area (Å²) in [5.74, 6) is 0.216. The van der Waals surface area contributed by atoms with Gasteiger partial charge in [-0.15, -0.1) is 0 Å². The van der Waals surface area contributed by atoms with Crippen molar-refractivity contribution in [2.24, 2.45) is 5.41 Å². The number of nitrogens with zero attached hydrogens (tertiary/aromatic N) is 1. The van der Waals surface area contributed by atoms with E-state index >= 15 is 0 Å². The molecule has 0 aliphatic carbocycles. The number of aromatic nitrogens is 1. The summed E-state index contributed by atoms with van der Waals surface area (Å²) in [6.45, 7) is 10.9. The lowest BCUT2D eigenvalue weighted by Gasteiger charge is -2.36. The van der Waals surface area contributed by atoms with Gasteiger partial charge in [-0.05, 0) is 32.1 Å². The van der Waals surface area contributed by atoms with Gasteiger partial charge < -0.3 is 15.2 Å². The summed E-state index contributed by atoms with van der Waals surface area (Å²) in [6, 6.07) is 3.64. The second-order valence-corrected chi connectivity index (χ2v) is 5.63. The standard InChI is InChI=1S/C17H20N2O3/c1-6-10-12(7-2)22-15-11(8-9-13(18-5)19-15)14(10)17(3,4)16(20)21/h6-9,14H,1-2H2,3-5H3,(H,18,19)(H,20,21). The zero-order valence-corrected chi connectivity index (χ0v) is 13.0. The van der Waals surface area contributed by atoms with Crippen LogP contribution in [-0.2, 0) is 4.79 Å². The fourth-order valence-corrected chi connectivity index (χ4v) is 2.64. The highest BCUT2D eigenvalue weighted by atomic mass is 16.5. The first-order chi connectivity index (χ1) is 10.4. The Balaban J connectivity index is 2.72. The Hall–Kier alpha value is -2.56. The molecule has 1 aromatic heterocycles. The van der Waals surface area contributed by atoms with Crippen LogP contribution in [-0.4, -0.2) is 23.1 Å². The van der Waals surface area contributed by atoms with Crippen LogP contribution in [0.15, 0.2) is 48.8 Å². The number of hydrogen-bond donors (Lipinski definition) is 2. The molecular weight excluding hydrogens is 280 g/mol. The molecule has 0 aromatic carbocycles. The molecule has 2 heterocycles. The van der Waals surface area contributed by atoms with Gasteiger partial charge in [0.05, 0.1) is 5.41 Å². The first-order valence-corrected chi connectivity index (χ1v) is 6.95.